The Morgan fingerprint density at radius 3 is 2.63 bits per heavy atom. The van der Waals surface area contributed by atoms with E-state index in [1.165, 1.54) is 32.5 Å². The largest absolute Gasteiger partial charge is 0.342 e. The number of carbonyl (C=O) groups is 1. The molecule has 1 aliphatic carbocycles. The van der Waals surface area contributed by atoms with Crippen molar-refractivity contribution in [2.24, 2.45) is 0 Å². The summed E-state index contributed by atoms with van der Waals surface area (Å²) in [5, 5.41) is 26.4. The number of nitrogens with one attached hydrogen (secondary N) is 1. The average molecular weight is 513 g/mol. The predicted molar refractivity (Wildman–Crippen MR) is 153 cm³/mol. The second-order valence-corrected chi connectivity index (χ2v) is 10.7. The van der Waals surface area contributed by atoms with Gasteiger partial charge in [-0.05, 0) is 65.8 Å². The van der Waals surface area contributed by atoms with Gasteiger partial charge in [0.2, 0.25) is 0 Å². The maximum atomic E-state index is 13.2. The number of thiophene rings is 1. The second-order valence-electron chi connectivity index (χ2n) is 9.56. The first-order chi connectivity index (χ1) is 18.6. The number of hydrogen-bond acceptors (Lipinski definition) is 4. The number of para-hydroxylation sites is 1. The van der Waals surface area contributed by atoms with E-state index in [1.54, 1.807) is 6.08 Å². The van der Waals surface area contributed by atoms with Gasteiger partial charge in [-0.3, -0.25) is 4.79 Å². The molecule has 6 heteroatoms. The Morgan fingerprint density at radius 2 is 1.79 bits per heavy atom. The highest BCUT2D eigenvalue weighted by Gasteiger charge is 2.23. The summed E-state index contributed by atoms with van der Waals surface area (Å²) in [5.41, 5.74) is 4.61. The highest BCUT2D eigenvalue weighted by Crippen LogP contribution is 2.38. The van der Waals surface area contributed by atoms with Gasteiger partial charge in [0.15, 0.2) is 0 Å². The third kappa shape index (κ3) is 4.36. The molecule has 0 saturated carbocycles. The lowest BCUT2D eigenvalue weighted by molar-refractivity contribution is -0.112. The molecular formula is C32H24N4OS. The average Bonchev–Trinajstić information content (AvgIpc) is 3.48. The second kappa shape index (κ2) is 10.0. The van der Waals surface area contributed by atoms with Crippen LogP contribution < -0.4 is 5.32 Å². The molecule has 2 aromatic heterocycles. The molecule has 0 spiro atoms. The van der Waals surface area contributed by atoms with Gasteiger partial charge in [0.1, 0.15) is 22.7 Å². The molecule has 0 radical (unpaired) electrons. The minimum Gasteiger partial charge on any atom is -0.342 e. The molecule has 1 aliphatic rings. The Hall–Kier alpha value is -4.65. The van der Waals surface area contributed by atoms with Crippen molar-refractivity contribution in [2.45, 2.75) is 32.2 Å². The minimum absolute atomic E-state index is 0.00821. The van der Waals surface area contributed by atoms with E-state index in [2.05, 4.69) is 58.4 Å². The number of rotatable bonds is 5. The Bertz CT molecular complexity index is 1830. The van der Waals surface area contributed by atoms with Crippen molar-refractivity contribution >= 4 is 50.0 Å². The maximum absolute atomic E-state index is 13.2. The standard InChI is InChI=1S/C32H24N4OS/c33-17-24(31(37)35-32-28(18-34)27-10-4-6-12-30(27)38-32)16-25-20-36(29-11-5-3-9-26(25)29)19-21-13-14-22-7-1-2-8-23(22)15-21/h1-3,5,7-9,11,13-16,20H,4,6,10,12,19H2,(H,35,37)/b24-16+. The number of aryl methyl sites for hydroxylation is 1. The molecule has 0 saturated heterocycles. The summed E-state index contributed by atoms with van der Waals surface area (Å²) >= 11 is 1.46. The van der Waals surface area contributed by atoms with Crippen LogP contribution in [0.1, 0.15) is 40.0 Å². The molecule has 0 fully saturated rings. The van der Waals surface area contributed by atoms with Gasteiger partial charge >= 0.3 is 0 Å². The van der Waals surface area contributed by atoms with Crippen LogP contribution in [0.2, 0.25) is 0 Å². The zero-order valence-electron chi connectivity index (χ0n) is 20.7. The molecule has 5 nitrogen and oxygen atoms in total. The monoisotopic (exact) mass is 512 g/mol. The quantitative estimate of drug-likeness (QED) is 0.200. The van der Waals surface area contributed by atoms with Crippen LogP contribution in [0.3, 0.4) is 0 Å². The van der Waals surface area contributed by atoms with Crippen LogP contribution in [-0.4, -0.2) is 10.5 Å². The topological polar surface area (TPSA) is 81.6 Å². The third-order valence-corrected chi connectivity index (χ3v) is 8.37. The highest BCUT2D eigenvalue weighted by molar-refractivity contribution is 7.16. The van der Waals surface area contributed by atoms with Crippen LogP contribution >= 0.6 is 11.3 Å². The van der Waals surface area contributed by atoms with Crippen molar-refractivity contribution < 1.29 is 4.79 Å². The van der Waals surface area contributed by atoms with Gasteiger partial charge in [-0.2, -0.15) is 10.5 Å². The van der Waals surface area contributed by atoms with Crippen molar-refractivity contribution in [3.05, 3.63) is 106 Å². The van der Waals surface area contributed by atoms with Crippen LogP contribution in [0.4, 0.5) is 5.00 Å². The first-order valence-electron chi connectivity index (χ1n) is 12.7. The lowest BCUT2D eigenvalue weighted by Crippen LogP contribution is -2.13. The number of benzene rings is 3. The molecule has 1 N–H and O–H groups in total. The van der Waals surface area contributed by atoms with Gasteiger partial charge in [0, 0.05) is 34.1 Å². The van der Waals surface area contributed by atoms with Gasteiger partial charge in [-0.15, -0.1) is 11.3 Å². The number of anilines is 1. The fraction of sp³-hybridized carbons (Fsp3) is 0.156. The van der Waals surface area contributed by atoms with E-state index < -0.39 is 5.91 Å². The minimum atomic E-state index is -0.492. The van der Waals surface area contributed by atoms with Gasteiger partial charge < -0.3 is 9.88 Å². The SMILES string of the molecule is N#C/C(=C\c1cn(Cc2ccc3ccccc3c2)c2ccccc12)C(=O)Nc1sc2c(c1C#N)CCCC2. The summed E-state index contributed by atoms with van der Waals surface area (Å²) in [7, 11) is 0. The zero-order valence-corrected chi connectivity index (χ0v) is 21.5. The number of fused-ring (bicyclic) bond motifs is 3. The van der Waals surface area contributed by atoms with E-state index in [1.807, 2.05) is 36.5 Å². The molecule has 2 heterocycles. The van der Waals surface area contributed by atoms with Crippen LogP contribution in [-0.2, 0) is 24.2 Å². The van der Waals surface area contributed by atoms with Gasteiger partial charge in [-0.25, -0.2) is 0 Å². The first-order valence-corrected chi connectivity index (χ1v) is 13.5. The summed E-state index contributed by atoms with van der Waals surface area (Å²) in [6, 6.07) is 27.1. The Morgan fingerprint density at radius 1 is 1.00 bits per heavy atom. The normalized spacial score (nSPS) is 13.2. The van der Waals surface area contributed by atoms with Crippen LogP contribution in [0.25, 0.3) is 27.8 Å². The predicted octanol–water partition coefficient (Wildman–Crippen LogP) is 7.20. The van der Waals surface area contributed by atoms with E-state index in [0.717, 1.165) is 47.7 Å². The summed E-state index contributed by atoms with van der Waals surface area (Å²) < 4.78 is 2.15. The van der Waals surface area contributed by atoms with Crippen molar-refractivity contribution in [3.63, 3.8) is 0 Å². The molecule has 184 valence electrons. The van der Waals surface area contributed by atoms with Gasteiger partial charge in [0.25, 0.3) is 5.91 Å². The lowest BCUT2D eigenvalue weighted by Gasteiger charge is -2.09. The van der Waals surface area contributed by atoms with Crippen molar-refractivity contribution in [3.8, 4) is 12.1 Å². The fourth-order valence-electron chi connectivity index (χ4n) is 5.30. The Balaban J connectivity index is 1.32. The number of nitrogens with zero attached hydrogens (tertiary/aromatic N) is 3. The molecule has 0 atom stereocenters. The van der Waals surface area contributed by atoms with Crippen LogP contribution in [0, 0.1) is 22.7 Å². The molecule has 3 aromatic carbocycles. The summed E-state index contributed by atoms with van der Waals surface area (Å²) in [6.45, 7) is 0.666. The molecule has 38 heavy (non-hydrogen) atoms. The van der Waals surface area contributed by atoms with Gasteiger partial charge in [-0.1, -0.05) is 54.6 Å². The summed E-state index contributed by atoms with van der Waals surface area (Å²) in [6.07, 6.45) is 7.59. The molecule has 6 rings (SSSR count). The smallest absolute Gasteiger partial charge is 0.266 e. The maximum Gasteiger partial charge on any atom is 0.266 e. The molecule has 0 bridgehead atoms. The highest BCUT2D eigenvalue weighted by atomic mass is 32.1. The van der Waals surface area contributed by atoms with E-state index in [4.69, 9.17) is 0 Å². The van der Waals surface area contributed by atoms with Crippen molar-refractivity contribution in [1.82, 2.24) is 4.57 Å². The van der Waals surface area contributed by atoms with Gasteiger partial charge in [0.05, 0.1) is 5.56 Å². The molecule has 0 aliphatic heterocycles. The van der Waals surface area contributed by atoms with E-state index >= 15 is 0 Å². The Labute approximate surface area is 224 Å². The van der Waals surface area contributed by atoms with Crippen molar-refractivity contribution in [2.75, 3.05) is 5.32 Å². The summed E-state index contributed by atoms with van der Waals surface area (Å²) in [4.78, 5) is 14.3. The first kappa shape index (κ1) is 23.7. The third-order valence-electron chi connectivity index (χ3n) is 7.16. The van der Waals surface area contributed by atoms with Crippen molar-refractivity contribution in [1.29, 1.82) is 10.5 Å². The fourth-order valence-corrected chi connectivity index (χ4v) is 6.54. The lowest BCUT2D eigenvalue weighted by atomic mass is 9.96. The number of amides is 1. The summed E-state index contributed by atoms with van der Waals surface area (Å²) in [5.74, 6) is -0.492. The number of hydrogen-bond donors (Lipinski definition) is 1. The Kier molecular flexibility index (Phi) is 6.25. The number of aromatic nitrogens is 1. The zero-order chi connectivity index (χ0) is 26.1. The number of carbonyl (C=O) groups excluding carboxylic acids is 1. The molecule has 0 unspecified atom stereocenters. The van der Waals surface area contributed by atoms with Crippen LogP contribution in [0.5, 0.6) is 0 Å². The van der Waals surface area contributed by atoms with Crippen LogP contribution in [0.15, 0.2) is 78.5 Å². The van der Waals surface area contributed by atoms with E-state index in [-0.39, 0.29) is 5.57 Å². The molecular weight excluding hydrogens is 488 g/mol. The molecule has 1 amide bonds. The van der Waals surface area contributed by atoms with E-state index in [0.29, 0.717) is 17.1 Å². The van der Waals surface area contributed by atoms with E-state index in [9.17, 15) is 15.3 Å². The number of nitriles is 2. The molecule has 5 aromatic rings.